The third-order valence-electron chi connectivity index (χ3n) is 3.88. The van der Waals surface area contributed by atoms with Gasteiger partial charge in [0.2, 0.25) is 11.5 Å². The molecule has 0 bridgehead atoms. The van der Waals surface area contributed by atoms with Crippen molar-refractivity contribution in [1.82, 2.24) is 10.4 Å². The van der Waals surface area contributed by atoms with Crippen LogP contribution in [0.15, 0.2) is 23.9 Å². The summed E-state index contributed by atoms with van der Waals surface area (Å²) in [7, 11) is 0. The Morgan fingerprint density at radius 3 is 2.00 bits per heavy atom. The highest BCUT2D eigenvalue weighted by Crippen LogP contribution is 2.40. The molecular formula is C18H22F4N2O5. The molecule has 0 aliphatic carbocycles. The molecule has 1 heterocycles. The number of halogens is 4. The SMILES string of the molecule is CCOc1cc(C(=O)N2NC(C(F)F)=CC2(O)C(F)F)cc(OCC)c1OCC. The topological polar surface area (TPSA) is 80.3 Å². The van der Waals surface area contributed by atoms with E-state index in [0.29, 0.717) is 0 Å². The molecule has 1 aromatic rings. The van der Waals surface area contributed by atoms with E-state index in [0.717, 1.165) is 0 Å². The lowest BCUT2D eigenvalue weighted by Crippen LogP contribution is -2.56. The van der Waals surface area contributed by atoms with Crippen molar-refractivity contribution in [3.63, 3.8) is 0 Å². The number of nitrogens with one attached hydrogen (secondary N) is 1. The molecule has 1 aliphatic heterocycles. The fourth-order valence-electron chi connectivity index (χ4n) is 2.67. The minimum absolute atomic E-state index is 0.0558. The van der Waals surface area contributed by atoms with Gasteiger partial charge in [-0.25, -0.2) is 22.6 Å². The first-order valence-corrected chi connectivity index (χ1v) is 8.88. The Kier molecular flexibility index (Phi) is 7.17. The van der Waals surface area contributed by atoms with Crippen LogP contribution in [0.1, 0.15) is 31.1 Å². The van der Waals surface area contributed by atoms with Gasteiger partial charge in [-0.2, -0.15) is 0 Å². The Hall–Kier alpha value is -2.69. The third-order valence-corrected chi connectivity index (χ3v) is 3.88. The van der Waals surface area contributed by atoms with E-state index < -0.39 is 30.2 Å². The highest BCUT2D eigenvalue weighted by Gasteiger charge is 2.51. The third kappa shape index (κ3) is 4.50. The van der Waals surface area contributed by atoms with Crippen molar-refractivity contribution in [2.45, 2.75) is 39.3 Å². The van der Waals surface area contributed by atoms with Gasteiger partial charge in [-0.1, -0.05) is 0 Å². The molecule has 7 nitrogen and oxygen atoms in total. The van der Waals surface area contributed by atoms with Crippen molar-refractivity contribution in [1.29, 1.82) is 0 Å². The number of carbonyl (C=O) groups excluding carboxylic acids is 1. The summed E-state index contributed by atoms with van der Waals surface area (Å²) in [5.41, 5.74) is -2.65. The average molecular weight is 422 g/mol. The van der Waals surface area contributed by atoms with E-state index in [9.17, 15) is 27.5 Å². The van der Waals surface area contributed by atoms with E-state index in [-0.39, 0.29) is 53.7 Å². The normalized spacial score (nSPS) is 18.7. The minimum Gasteiger partial charge on any atom is -0.490 e. The molecule has 2 rings (SSSR count). The van der Waals surface area contributed by atoms with Crippen LogP contribution in [0.25, 0.3) is 0 Å². The van der Waals surface area contributed by atoms with E-state index in [1.54, 1.807) is 20.8 Å². The van der Waals surface area contributed by atoms with Crippen LogP contribution >= 0.6 is 0 Å². The predicted molar refractivity (Wildman–Crippen MR) is 94.3 cm³/mol. The molecule has 1 aliphatic rings. The summed E-state index contributed by atoms with van der Waals surface area (Å²) < 4.78 is 69.2. The van der Waals surface area contributed by atoms with Gasteiger partial charge in [0.05, 0.1) is 25.5 Å². The van der Waals surface area contributed by atoms with Gasteiger partial charge >= 0.3 is 0 Å². The summed E-state index contributed by atoms with van der Waals surface area (Å²) in [4.78, 5) is 12.9. The average Bonchev–Trinajstić information content (AvgIpc) is 3.03. The maximum Gasteiger partial charge on any atom is 0.291 e. The molecule has 1 unspecified atom stereocenters. The van der Waals surface area contributed by atoms with E-state index >= 15 is 0 Å². The first-order valence-electron chi connectivity index (χ1n) is 8.88. The number of allylic oxidation sites excluding steroid dienone is 1. The van der Waals surface area contributed by atoms with Crippen molar-refractivity contribution >= 4 is 5.91 Å². The van der Waals surface area contributed by atoms with Gasteiger partial charge in [-0.3, -0.25) is 10.2 Å². The van der Waals surface area contributed by atoms with Gasteiger partial charge in [0.1, 0.15) is 0 Å². The molecule has 29 heavy (non-hydrogen) atoms. The van der Waals surface area contributed by atoms with Crippen LogP contribution < -0.4 is 19.6 Å². The Bertz CT molecular complexity index is 748. The molecule has 0 aromatic heterocycles. The van der Waals surface area contributed by atoms with Gasteiger partial charge in [0.25, 0.3) is 18.8 Å². The fourth-order valence-corrected chi connectivity index (χ4v) is 2.67. The maximum absolute atomic E-state index is 13.4. The number of nitrogens with zero attached hydrogens (tertiary/aromatic N) is 1. The van der Waals surface area contributed by atoms with Gasteiger partial charge in [-0.15, -0.1) is 0 Å². The monoisotopic (exact) mass is 422 g/mol. The van der Waals surface area contributed by atoms with E-state index in [2.05, 4.69) is 0 Å². The molecule has 1 amide bonds. The first kappa shape index (κ1) is 22.6. The molecule has 0 fully saturated rings. The lowest BCUT2D eigenvalue weighted by atomic mass is 10.1. The second-order valence-corrected chi connectivity index (χ2v) is 5.84. The van der Waals surface area contributed by atoms with Crippen LogP contribution in [0.4, 0.5) is 17.6 Å². The van der Waals surface area contributed by atoms with E-state index in [1.807, 2.05) is 5.43 Å². The van der Waals surface area contributed by atoms with Gasteiger partial charge < -0.3 is 19.3 Å². The summed E-state index contributed by atoms with van der Waals surface area (Å²) in [5.74, 6) is -0.779. The van der Waals surface area contributed by atoms with Crippen LogP contribution in [-0.4, -0.2) is 54.4 Å². The van der Waals surface area contributed by atoms with E-state index in [4.69, 9.17) is 14.2 Å². The minimum atomic E-state index is -3.55. The second-order valence-electron chi connectivity index (χ2n) is 5.84. The molecule has 162 valence electrons. The standard InChI is InChI=1S/C18H22F4N2O5/c1-4-27-12-7-10(8-13(28-5-2)14(12)29-6-3)16(25)24-18(26,17(21)22)9-11(23-24)15(19)20/h7-9,15,17,23,26H,4-6H2,1-3H3. The summed E-state index contributed by atoms with van der Waals surface area (Å²) in [5, 5.41) is 10.2. The molecule has 0 saturated carbocycles. The summed E-state index contributed by atoms with van der Waals surface area (Å²) in [6.07, 6.45) is -6.52. The summed E-state index contributed by atoms with van der Waals surface area (Å²) >= 11 is 0. The molecule has 1 atom stereocenters. The smallest absolute Gasteiger partial charge is 0.291 e. The molecule has 11 heteroatoms. The van der Waals surface area contributed by atoms with Gasteiger partial charge in [0.15, 0.2) is 11.5 Å². The number of benzene rings is 1. The lowest BCUT2D eigenvalue weighted by molar-refractivity contribution is -0.146. The zero-order valence-electron chi connectivity index (χ0n) is 16.0. The number of aliphatic hydroxyl groups is 1. The highest BCUT2D eigenvalue weighted by molar-refractivity contribution is 5.96. The Labute approximate surface area is 164 Å². The number of alkyl halides is 4. The van der Waals surface area contributed by atoms with Crippen molar-refractivity contribution in [2.75, 3.05) is 19.8 Å². The zero-order chi connectivity index (χ0) is 21.8. The molecule has 2 N–H and O–H groups in total. The molecule has 1 aromatic carbocycles. The number of ether oxygens (including phenoxy) is 3. The van der Waals surface area contributed by atoms with Crippen molar-refractivity contribution in [3.8, 4) is 17.2 Å². The van der Waals surface area contributed by atoms with E-state index in [1.165, 1.54) is 12.1 Å². The first-order chi connectivity index (χ1) is 13.7. The molecule has 0 saturated heterocycles. The van der Waals surface area contributed by atoms with Crippen LogP contribution in [0.5, 0.6) is 17.2 Å². The highest BCUT2D eigenvalue weighted by atomic mass is 19.3. The molecule has 0 radical (unpaired) electrons. The second kappa shape index (κ2) is 9.21. The van der Waals surface area contributed by atoms with Crippen LogP contribution in [0, 0.1) is 0 Å². The number of carbonyl (C=O) groups is 1. The summed E-state index contributed by atoms with van der Waals surface area (Å²) in [6.45, 7) is 5.74. The predicted octanol–water partition coefficient (Wildman–Crippen LogP) is 2.95. The van der Waals surface area contributed by atoms with Crippen LogP contribution in [0.2, 0.25) is 0 Å². The largest absolute Gasteiger partial charge is 0.490 e. The zero-order valence-corrected chi connectivity index (χ0v) is 16.0. The summed E-state index contributed by atoms with van der Waals surface area (Å²) in [6, 6.07) is 2.40. The van der Waals surface area contributed by atoms with Gasteiger partial charge in [0, 0.05) is 11.6 Å². The Balaban J connectivity index is 2.51. The molecular weight excluding hydrogens is 400 g/mol. The maximum atomic E-state index is 13.4. The Morgan fingerprint density at radius 2 is 1.59 bits per heavy atom. The number of hydrazine groups is 1. The number of hydrogen-bond acceptors (Lipinski definition) is 6. The van der Waals surface area contributed by atoms with Crippen molar-refractivity contribution < 1.29 is 41.7 Å². The van der Waals surface area contributed by atoms with Gasteiger partial charge in [-0.05, 0) is 32.9 Å². The van der Waals surface area contributed by atoms with Crippen LogP contribution in [0.3, 0.4) is 0 Å². The van der Waals surface area contributed by atoms with Crippen molar-refractivity contribution in [2.24, 2.45) is 0 Å². The van der Waals surface area contributed by atoms with Crippen LogP contribution in [-0.2, 0) is 0 Å². The lowest BCUT2D eigenvalue weighted by Gasteiger charge is -2.31. The molecule has 0 spiro atoms. The Morgan fingerprint density at radius 1 is 1.07 bits per heavy atom. The number of amides is 1. The van der Waals surface area contributed by atoms with Crippen molar-refractivity contribution in [3.05, 3.63) is 29.5 Å². The fraction of sp³-hybridized carbons (Fsp3) is 0.500. The quantitative estimate of drug-likeness (QED) is 0.596. The number of rotatable bonds is 9. The number of hydrogen-bond donors (Lipinski definition) is 2.